The van der Waals surface area contributed by atoms with Crippen LogP contribution >= 0.6 is 0 Å². The van der Waals surface area contributed by atoms with Gasteiger partial charge < -0.3 is 9.64 Å². The normalized spacial score (nSPS) is 14.2. The van der Waals surface area contributed by atoms with Gasteiger partial charge in [0.1, 0.15) is 11.6 Å². The van der Waals surface area contributed by atoms with Crippen LogP contribution in [0.4, 0.5) is 14.7 Å². The summed E-state index contributed by atoms with van der Waals surface area (Å²) < 4.78 is 33.2. The second kappa shape index (κ2) is 7.96. The van der Waals surface area contributed by atoms with Crippen molar-refractivity contribution in [3.8, 4) is 0 Å². The van der Waals surface area contributed by atoms with Crippen molar-refractivity contribution in [2.24, 2.45) is 0 Å². The Morgan fingerprint density at radius 1 is 1.10 bits per heavy atom. The molecule has 3 aromatic rings. The molecule has 29 heavy (non-hydrogen) atoms. The number of hydrogen-bond acceptors (Lipinski definition) is 5. The first kappa shape index (κ1) is 19.0. The fraction of sp³-hybridized carbons (Fsp3) is 0.250. The Labute approximate surface area is 164 Å². The maximum Gasteiger partial charge on any atom is 0.281 e. The lowest BCUT2D eigenvalue weighted by Gasteiger charge is -2.29. The minimum Gasteiger partial charge on any atom is -0.378 e. The first-order valence-corrected chi connectivity index (χ1v) is 9.10. The second-order valence-corrected chi connectivity index (χ2v) is 6.66. The largest absolute Gasteiger partial charge is 0.378 e. The number of carbonyl (C=O) groups excluding carboxylic acids is 1. The maximum absolute atomic E-state index is 13.4. The van der Waals surface area contributed by atoms with E-state index in [-0.39, 0.29) is 17.9 Å². The number of hydrogen-bond donors (Lipinski definition) is 1. The molecule has 7 nitrogen and oxygen atoms in total. The lowest BCUT2D eigenvalue weighted by Crippen LogP contribution is -2.44. The van der Waals surface area contributed by atoms with Gasteiger partial charge in [0.25, 0.3) is 5.56 Å². The van der Waals surface area contributed by atoms with E-state index >= 15 is 0 Å². The van der Waals surface area contributed by atoms with Gasteiger partial charge in [0.2, 0.25) is 11.9 Å². The van der Waals surface area contributed by atoms with Crippen LogP contribution in [0.2, 0.25) is 0 Å². The average Bonchev–Trinajstić information content (AvgIpc) is 2.70. The zero-order valence-electron chi connectivity index (χ0n) is 15.4. The molecule has 1 aromatic heterocycles. The summed E-state index contributed by atoms with van der Waals surface area (Å²) in [5, 5.41) is 0.349. The third kappa shape index (κ3) is 4.09. The molecule has 0 spiro atoms. The van der Waals surface area contributed by atoms with Crippen molar-refractivity contribution in [1.29, 1.82) is 0 Å². The molecule has 150 valence electrons. The smallest absolute Gasteiger partial charge is 0.281 e. The van der Waals surface area contributed by atoms with E-state index in [4.69, 9.17) is 4.74 Å². The van der Waals surface area contributed by atoms with E-state index in [9.17, 15) is 18.4 Å². The first-order valence-electron chi connectivity index (χ1n) is 9.10. The fourth-order valence-corrected chi connectivity index (χ4v) is 3.26. The molecule has 0 aliphatic carbocycles. The summed E-state index contributed by atoms with van der Waals surface area (Å²) in [7, 11) is 0. The van der Waals surface area contributed by atoms with Gasteiger partial charge in [0, 0.05) is 19.2 Å². The first-order chi connectivity index (χ1) is 14.0. The number of benzene rings is 2. The number of fused-ring (bicyclic) bond motifs is 1. The summed E-state index contributed by atoms with van der Waals surface area (Å²) in [5.74, 6) is -1.85. The number of carbonyl (C=O) groups is 1. The van der Waals surface area contributed by atoms with Gasteiger partial charge in [-0.2, -0.15) is 4.68 Å². The molecule has 0 saturated carbocycles. The highest BCUT2D eigenvalue weighted by molar-refractivity contribution is 5.87. The molecule has 1 N–H and O–H groups in total. The Bertz CT molecular complexity index is 1110. The van der Waals surface area contributed by atoms with Crippen LogP contribution in [-0.4, -0.2) is 41.9 Å². The van der Waals surface area contributed by atoms with E-state index in [1.54, 1.807) is 24.3 Å². The number of ether oxygens (including phenoxy) is 1. The fourth-order valence-electron chi connectivity index (χ4n) is 3.26. The maximum atomic E-state index is 13.4. The lowest BCUT2D eigenvalue weighted by molar-refractivity contribution is -0.116. The van der Waals surface area contributed by atoms with Gasteiger partial charge in [-0.3, -0.25) is 15.0 Å². The minimum absolute atomic E-state index is 0.162. The number of para-hydroxylation sites is 1. The molecule has 1 amide bonds. The second-order valence-electron chi connectivity index (χ2n) is 6.66. The zero-order valence-corrected chi connectivity index (χ0v) is 15.4. The summed E-state index contributed by atoms with van der Waals surface area (Å²) in [5.41, 5.74) is 2.77. The molecule has 2 heterocycles. The van der Waals surface area contributed by atoms with Crippen LogP contribution in [0.5, 0.6) is 0 Å². The number of halogens is 2. The van der Waals surface area contributed by atoms with E-state index in [1.165, 1.54) is 0 Å². The molecule has 0 unspecified atom stereocenters. The SMILES string of the molecule is O=C(Cc1cc(F)cc(F)c1)Nn1c(N2CCOCC2)nc2ccccc2c1=O. The average molecular weight is 400 g/mol. The molecule has 2 aromatic carbocycles. The van der Waals surface area contributed by atoms with Crippen LogP contribution in [0, 0.1) is 11.6 Å². The van der Waals surface area contributed by atoms with Crippen molar-refractivity contribution < 1.29 is 18.3 Å². The van der Waals surface area contributed by atoms with Crippen LogP contribution < -0.4 is 15.9 Å². The summed E-state index contributed by atoms with van der Waals surface area (Å²) >= 11 is 0. The lowest BCUT2D eigenvalue weighted by atomic mass is 10.1. The third-order valence-electron chi connectivity index (χ3n) is 4.58. The van der Waals surface area contributed by atoms with Crippen molar-refractivity contribution >= 4 is 22.8 Å². The number of nitrogens with one attached hydrogen (secondary N) is 1. The van der Waals surface area contributed by atoms with Gasteiger partial charge in [0.15, 0.2) is 0 Å². The summed E-state index contributed by atoms with van der Waals surface area (Å²) in [6, 6.07) is 9.72. The van der Waals surface area contributed by atoms with E-state index in [2.05, 4.69) is 10.4 Å². The minimum atomic E-state index is -0.772. The summed E-state index contributed by atoms with van der Waals surface area (Å²) in [6.45, 7) is 1.96. The van der Waals surface area contributed by atoms with E-state index < -0.39 is 23.1 Å². The Morgan fingerprint density at radius 3 is 2.52 bits per heavy atom. The van der Waals surface area contributed by atoms with Crippen molar-refractivity contribution in [2.75, 3.05) is 36.6 Å². The quantitative estimate of drug-likeness (QED) is 0.723. The molecule has 1 aliphatic heterocycles. The van der Waals surface area contributed by atoms with E-state index in [0.29, 0.717) is 37.2 Å². The highest BCUT2D eigenvalue weighted by Crippen LogP contribution is 2.16. The highest BCUT2D eigenvalue weighted by atomic mass is 19.1. The Hall–Kier alpha value is -3.33. The molecule has 1 saturated heterocycles. The topological polar surface area (TPSA) is 76.5 Å². The molecule has 9 heteroatoms. The van der Waals surface area contributed by atoms with Crippen molar-refractivity contribution in [2.45, 2.75) is 6.42 Å². The van der Waals surface area contributed by atoms with Crippen molar-refractivity contribution in [3.63, 3.8) is 0 Å². The predicted octanol–water partition coefficient (Wildman–Crippen LogP) is 1.82. The predicted molar refractivity (Wildman–Crippen MR) is 103 cm³/mol. The molecule has 0 bridgehead atoms. The van der Waals surface area contributed by atoms with Crippen molar-refractivity contribution in [3.05, 3.63) is 70.0 Å². The van der Waals surface area contributed by atoms with Gasteiger partial charge in [-0.25, -0.2) is 13.8 Å². The zero-order chi connectivity index (χ0) is 20.4. The monoisotopic (exact) mass is 400 g/mol. The number of amides is 1. The van der Waals surface area contributed by atoms with Crippen LogP contribution in [-0.2, 0) is 16.0 Å². The van der Waals surface area contributed by atoms with Gasteiger partial charge >= 0.3 is 0 Å². The Kier molecular flexibility index (Phi) is 5.22. The Morgan fingerprint density at radius 2 is 1.79 bits per heavy atom. The molecule has 4 rings (SSSR count). The third-order valence-corrected chi connectivity index (χ3v) is 4.58. The molecular formula is C20H18F2N4O3. The number of morpholine rings is 1. The molecular weight excluding hydrogens is 382 g/mol. The van der Waals surface area contributed by atoms with Crippen LogP contribution in [0.25, 0.3) is 10.9 Å². The van der Waals surface area contributed by atoms with Gasteiger partial charge in [-0.15, -0.1) is 0 Å². The van der Waals surface area contributed by atoms with Gasteiger partial charge in [0.05, 0.1) is 30.5 Å². The van der Waals surface area contributed by atoms with E-state index in [1.807, 2.05) is 4.90 Å². The standard InChI is InChI=1S/C20H18F2N4O3/c21-14-9-13(10-15(22)12-14)11-18(27)24-26-19(28)16-3-1-2-4-17(16)23-20(26)25-5-7-29-8-6-25/h1-4,9-10,12H,5-8,11H2,(H,24,27). The van der Waals surface area contributed by atoms with Crippen LogP contribution in [0.1, 0.15) is 5.56 Å². The number of anilines is 1. The van der Waals surface area contributed by atoms with Crippen molar-refractivity contribution in [1.82, 2.24) is 9.66 Å². The molecule has 0 atom stereocenters. The van der Waals surface area contributed by atoms with Gasteiger partial charge in [-0.05, 0) is 29.8 Å². The van der Waals surface area contributed by atoms with E-state index in [0.717, 1.165) is 22.9 Å². The van der Waals surface area contributed by atoms with Crippen LogP contribution in [0.3, 0.4) is 0 Å². The van der Waals surface area contributed by atoms with Crippen LogP contribution in [0.15, 0.2) is 47.3 Å². The molecule has 1 fully saturated rings. The summed E-state index contributed by atoms with van der Waals surface area (Å²) in [6.07, 6.45) is -0.295. The molecule has 0 radical (unpaired) electrons. The highest BCUT2D eigenvalue weighted by Gasteiger charge is 2.21. The summed E-state index contributed by atoms with van der Waals surface area (Å²) in [4.78, 5) is 32.0. The Balaban J connectivity index is 1.70. The number of nitrogens with zero attached hydrogens (tertiary/aromatic N) is 3. The number of aromatic nitrogens is 2. The number of rotatable bonds is 4. The van der Waals surface area contributed by atoms with Gasteiger partial charge in [-0.1, -0.05) is 12.1 Å². The molecule has 1 aliphatic rings.